The summed E-state index contributed by atoms with van der Waals surface area (Å²) in [5.74, 6) is -0.0785. The number of nitrogens with zero attached hydrogens (tertiary/aromatic N) is 6. The van der Waals surface area contributed by atoms with Crippen molar-refractivity contribution >= 4 is 34.7 Å². The lowest BCUT2D eigenvalue weighted by Crippen LogP contribution is -2.41. The number of thioether (sulfide) groups is 1. The van der Waals surface area contributed by atoms with E-state index >= 15 is 0 Å². The first-order valence-corrected chi connectivity index (χ1v) is 13.3. The standard InChI is InChI=1S/C28H21F5N6O2S/c1-17-4-3-5-18(2)24(17)39-23(40)15-42-26(39)36-35-14-19-6-8-20(9-7-19)25-34-16-38(37-25)21-10-12-22(13-11-21)41-28(32,33)27(29,30)31/h3-14,16H,15H2,1-2H3. The molecule has 216 valence electrons. The van der Waals surface area contributed by atoms with Gasteiger partial charge in [0.1, 0.15) is 12.1 Å². The zero-order valence-corrected chi connectivity index (χ0v) is 22.8. The number of halogens is 5. The van der Waals surface area contributed by atoms with Crippen LogP contribution in [0.2, 0.25) is 0 Å². The van der Waals surface area contributed by atoms with Crippen LogP contribution in [0.1, 0.15) is 16.7 Å². The third-order valence-corrected chi connectivity index (χ3v) is 7.03. The molecule has 8 nitrogen and oxygen atoms in total. The fourth-order valence-corrected chi connectivity index (χ4v) is 4.88. The fourth-order valence-electron chi connectivity index (χ4n) is 4.07. The highest BCUT2D eigenvalue weighted by Crippen LogP contribution is 2.37. The summed E-state index contributed by atoms with van der Waals surface area (Å²) in [6.07, 6.45) is -8.21. The van der Waals surface area contributed by atoms with Crippen molar-refractivity contribution in [3.05, 3.63) is 89.7 Å². The fraction of sp³-hybridized carbons (Fsp3) is 0.179. The van der Waals surface area contributed by atoms with Gasteiger partial charge in [0.25, 0.3) is 0 Å². The number of alkyl halides is 5. The van der Waals surface area contributed by atoms with Gasteiger partial charge in [0, 0.05) is 5.56 Å². The number of hydrogen-bond acceptors (Lipinski definition) is 7. The SMILES string of the molecule is Cc1cccc(C)c1N1C(=O)CSC1=NN=Cc1ccc(-c2ncn(-c3ccc(OC(F)(F)C(F)(F)F)cc3)n2)cc1. The number of amidine groups is 1. The molecule has 0 atom stereocenters. The smallest absolute Gasteiger partial charge is 0.426 e. The lowest BCUT2D eigenvalue weighted by molar-refractivity contribution is -0.360. The number of aryl methyl sites for hydroxylation is 2. The van der Waals surface area contributed by atoms with Gasteiger partial charge in [0.15, 0.2) is 11.0 Å². The zero-order chi connectivity index (χ0) is 30.1. The van der Waals surface area contributed by atoms with Crippen LogP contribution < -0.4 is 9.64 Å². The molecule has 1 fully saturated rings. The summed E-state index contributed by atoms with van der Waals surface area (Å²) in [7, 11) is 0. The van der Waals surface area contributed by atoms with Crippen LogP contribution in [-0.4, -0.2) is 50.1 Å². The molecule has 0 aliphatic carbocycles. The van der Waals surface area contributed by atoms with E-state index in [0.717, 1.165) is 34.5 Å². The molecular weight excluding hydrogens is 579 g/mol. The molecular formula is C28H21F5N6O2S. The molecule has 1 aliphatic rings. The van der Waals surface area contributed by atoms with Crippen molar-refractivity contribution in [2.75, 3.05) is 10.7 Å². The van der Waals surface area contributed by atoms with Crippen molar-refractivity contribution in [3.8, 4) is 22.8 Å². The molecule has 0 radical (unpaired) electrons. The second-order valence-electron chi connectivity index (χ2n) is 9.13. The summed E-state index contributed by atoms with van der Waals surface area (Å²) in [6.45, 7) is 3.88. The van der Waals surface area contributed by atoms with E-state index in [9.17, 15) is 26.7 Å². The highest BCUT2D eigenvalue weighted by molar-refractivity contribution is 8.15. The summed E-state index contributed by atoms with van der Waals surface area (Å²) in [5.41, 5.74) is 4.51. The Bertz CT molecular complexity index is 1650. The second-order valence-corrected chi connectivity index (χ2v) is 10.1. The molecule has 5 rings (SSSR count). The monoisotopic (exact) mass is 600 g/mol. The number of para-hydroxylation sites is 1. The van der Waals surface area contributed by atoms with Gasteiger partial charge in [-0.25, -0.2) is 9.67 Å². The van der Waals surface area contributed by atoms with Crippen LogP contribution >= 0.6 is 11.8 Å². The van der Waals surface area contributed by atoms with Gasteiger partial charge in [-0.3, -0.25) is 9.69 Å². The average Bonchev–Trinajstić information content (AvgIpc) is 3.56. The Kier molecular flexibility index (Phi) is 7.82. The van der Waals surface area contributed by atoms with Gasteiger partial charge in [-0.1, -0.05) is 54.2 Å². The second kappa shape index (κ2) is 11.4. The Morgan fingerprint density at radius 1 is 0.952 bits per heavy atom. The zero-order valence-electron chi connectivity index (χ0n) is 22.0. The van der Waals surface area contributed by atoms with E-state index in [4.69, 9.17) is 0 Å². The average molecular weight is 601 g/mol. The number of benzene rings is 3. The van der Waals surface area contributed by atoms with Crippen molar-refractivity contribution < 1.29 is 31.5 Å². The third-order valence-electron chi connectivity index (χ3n) is 6.12. The third kappa shape index (κ3) is 6.03. The molecule has 3 aromatic carbocycles. The number of aromatic nitrogens is 3. The highest BCUT2D eigenvalue weighted by atomic mass is 32.2. The van der Waals surface area contributed by atoms with Crippen LogP contribution in [0.25, 0.3) is 17.1 Å². The van der Waals surface area contributed by atoms with Crippen molar-refractivity contribution in [1.29, 1.82) is 0 Å². The lowest BCUT2D eigenvalue weighted by Gasteiger charge is -2.20. The maximum atomic E-state index is 13.1. The van der Waals surface area contributed by atoms with Crippen molar-refractivity contribution in [2.45, 2.75) is 26.1 Å². The number of hydrogen-bond donors (Lipinski definition) is 0. The highest BCUT2D eigenvalue weighted by Gasteiger charge is 2.61. The summed E-state index contributed by atoms with van der Waals surface area (Å²) >= 11 is 1.32. The first-order valence-electron chi connectivity index (χ1n) is 12.3. The molecule has 0 bridgehead atoms. The molecule has 1 amide bonds. The first-order chi connectivity index (χ1) is 19.9. The predicted octanol–water partition coefficient (Wildman–Crippen LogP) is 6.55. The molecule has 42 heavy (non-hydrogen) atoms. The summed E-state index contributed by atoms with van der Waals surface area (Å²) in [6, 6.07) is 17.4. The van der Waals surface area contributed by atoms with Gasteiger partial charge < -0.3 is 4.74 Å². The van der Waals surface area contributed by atoms with E-state index in [2.05, 4.69) is 25.0 Å². The molecule has 1 saturated heterocycles. The van der Waals surface area contributed by atoms with Crippen LogP contribution in [0.5, 0.6) is 5.75 Å². The van der Waals surface area contributed by atoms with Crippen molar-refractivity contribution in [2.24, 2.45) is 10.2 Å². The lowest BCUT2D eigenvalue weighted by atomic mass is 10.1. The molecule has 0 saturated carbocycles. The molecule has 0 spiro atoms. The number of amides is 1. The summed E-state index contributed by atoms with van der Waals surface area (Å²) < 4.78 is 68.5. The number of anilines is 1. The van der Waals surface area contributed by atoms with Crippen LogP contribution in [0.4, 0.5) is 27.6 Å². The van der Waals surface area contributed by atoms with Crippen LogP contribution in [0.3, 0.4) is 0 Å². The number of ether oxygens (including phenoxy) is 1. The minimum Gasteiger partial charge on any atom is -0.426 e. The Labute approximate surface area is 240 Å². The molecule has 0 N–H and O–H groups in total. The van der Waals surface area contributed by atoms with E-state index < -0.39 is 18.0 Å². The van der Waals surface area contributed by atoms with Gasteiger partial charge in [-0.15, -0.1) is 10.2 Å². The van der Waals surface area contributed by atoms with Gasteiger partial charge in [0.2, 0.25) is 5.91 Å². The normalized spacial score (nSPS) is 15.3. The topological polar surface area (TPSA) is 85.0 Å². The van der Waals surface area contributed by atoms with E-state index in [1.807, 2.05) is 32.0 Å². The Morgan fingerprint density at radius 3 is 2.26 bits per heavy atom. The van der Waals surface area contributed by atoms with Crippen LogP contribution in [0, 0.1) is 13.8 Å². The van der Waals surface area contributed by atoms with Gasteiger partial charge in [-0.2, -0.15) is 27.1 Å². The molecule has 1 aromatic heterocycles. The number of carbonyl (C=O) groups excluding carboxylic acids is 1. The van der Waals surface area contributed by atoms with Crippen molar-refractivity contribution in [1.82, 2.24) is 14.8 Å². The van der Waals surface area contributed by atoms with Gasteiger partial charge in [-0.05, 0) is 54.8 Å². The van der Waals surface area contributed by atoms with Gasteiger partial charge in [0.05, 0.1) is 23.3 Å². The van der Waals surface area contributed by atoms with E-state index in [1.165, 1.54) is 34.9 Å². The maximum Gasteiger partial charge on any atom is 0.499 e. The Hall–Kier alpha value is -4.59. The number of carbonyl (C=O) groups is 1. The Morgan fingerprint density at radius 2 is 1.62 bits per heavy atom. The molecule has 4 aromatic rings. The molecule has 14 heteroatoms. The van der Waals surface area contributed by atoms with E-state index in [1.54, 1.807) is 35.4 Å². The summed E-state index contributed by atoms with van der Waals surface area (Å²) in [4.78, 5) is 18.4. The summed E-state index contributed by atoms with van der Waals surface area (Å²) in [5, 5.41) is 13.3. The van der Waals surface area contributed by atoms with Crippen molar-refractivity contribution in [3.63, 3.8) is 0 Å². The molecule has 1 aliphatic heterocycles. The van der Waals surface area contributed by atoms with Crippen LogP contribution in [0.15, 0.2) is 83.3 Å². The molecule has 0 unspecified atom stereocenters. The molecule has 2 heterocycles. The van der Waals surface area contributed by atoms with E-state index in [0.29, 0.717) is 22.2 Å². The number of rotatable bonds is 7. The van der Waals surface area contributed by atoms with E-state index in [-0.39, 0.29) is 11.7 Å². The van der Waals surface area contributed by atoms with Crippen LogP contribution in [-0.2, 0) is 4.79 Å². The quantitative estimate of drug-likeness (QED) is 0.136. The Balaban J connectivity index is 1.26. The maximum absolute atomic E-state index is 13.1. The minimum absolute atomic E-state index is 0.0603. The largest absolute Gasteiger partial charge is 0.499 e. The minimum atomic E-state index is -5.83. The first kappa shape index (κ1) is 28.9. The predicted molar refractivity (Wildman–Crippen MR) is 149 cm³/mol. The van der Waals surface area contributed by atoms with Gasteiger partial charge >= 0.3 is 12.3 Å².